The van der Waals surface area contributed by atoms with Crippen molar-refractivity contribution in [3.05, 3.63) is 57.7 Å². The number of methoxy groups -OCH3 is 1. The number of hydrogen-bond acceptors (Lipinski definition) is 6. The molecule has 3 aromatic rings. The average molecular weight is 390 g/mol. The van der Waals surface area contributed by atoms with E-state index in [2.05, 4.69) is 25.8 Å². The SMILES string of the molecule is COc1cc(Cl)c(C)cc1Nc1nncc(Nc2ccc(C)c(Cl)c2)n1. The molecule has 0 aliphatic carbocycles. The fourth-order valence-corrected chi connectivity index (χ4v) is 2.62. The Hall–Kier alpha value is -2.57. The summed E-state index contributed by atoms with van der Waals surface area (Å²) in [5.74, 6) is 1.45. The molecule has 1 heterocycles. The van der Waals surface area contributed by atoms with E-state index in [4.69, 9.17) is 27.9 Å². The molecular weight excluding hydrogens is 373 g/mol. The molecule has 0 radical (unpaired) electrons. The lowest BCUT2D eigenvalue weighted by molar-refractivity contribution is 0.416. The van der Waals surface area contributed by atoms with Crippen LogP contribution in [0.15, 0.2) is 36.5 Å². The third kappa shape index (κ3) is 4.15. The summed E-state index contributed by atoms with van der Waals surface area (Å²) in [5.41, 5.74) is 3.43. The van der Waals surface area contributed by atoms with Gasteiger partial charge in [0.25, 0.3) is 0 Å². The van der Waals surface area contributed by atoms with Crippen molar-refractivity contribution >= 4 is 46.3 Å². The van der Waals surface area contributed by atoms with Crippen LogP contribution in [-0.4, -0.2) is 22.3 Å². The normalized spacial score (nSPS) is 10.5. The zero-order valence-electron chi connectivity index (χ0n) is 14.5. The number of aromatic nitrogens is 3. The van der Waals surface area contributed by atoms with E-state index in [9.17, 15) is 0 Å². The van der Waals surface area contributed by atoms with Crippen LogP contribution in [0.3, 0.4) is 0 Å². The van der Waals surface area contributed by atoms with Crippen LogP contribution in [-0.2, 0) is 0 Å². The summed E-state index contributed by atoms with van der Waals surface area (Å²) >= 11 is 12.3. The number of nitrogens with zero attached hydrogens (tertiary/aromatic N) is 3. The lowest BCUT2D eigenvalue weighted by Crippen LogP contribution is -2.03. The van der Waals surface area contributed by atoms with Crippen LogP contribution < -0.4 is 15.4 Å². The van der Waals surface area contributed by atoms with Crippen LogP contribution in [0.2, 0.25) is 10.0 Å². The van der Waals surface area contributed by atoms with Crippen LogP contribution in [0, 0.1) is 13.8 Å². The van der Waals surface area contributed by atoms with Crippen molar-refractivity contribution in [2.24, 2.45) is 0 Å². The minimum Gasteiger partial charge on any atom is -0.495 e. The van der Waals surface area contributed by atoms with Crippen molar-refractivity contribution in [2.45, 2.75) is 13.8 Å². The molecule has 0 amide bonds. The number of anilines is 4. The van der Waals surface area contributed by atoms with Gasteiger partial charge in [-0.3, -0.25) is 0 Å². The maximum absolute atomic E-state index is 6.15. The zero-order valence-corrected chi connectivity index (χ0v) is 16.0. The number of ether oxygens (including phenoxy) is 1. The van der Waals surface area contributed by atoms with E-state index >= 15 is 0 Å². The van der Waals surface area contributed by atoms with Gasteiger partial charge in [0.05, 0.1) is 19.0 Å². The third-order valence-corrected chi connectivity index (χ3v) is 4.54. The highest BCUT2D eigenvalue weighted by molar-refractivity contribution is 6.32. The minimum atomic E-state index is 0.327. The molecule has 6 nitrogen and oxygen atoms in total. The molecule has 0 saturated carbocycles. The first-order valence-corrected chi connectivity index (χ1v) is 8.56. The predicted molar refractivity (Wildman–Crippen MR) is 105 cm³/mol. The van der Waals surface area contributed by atoms with Gasteiger partial charge in [0.2, 0.25) is 5.95 Å². The minimum absolute atomic E-state index is 0.327. The average Bonchev–Trinajstić information content (AvgIpc) is 2.61. The van der Waals surface area contributed by atoms with Gasteiger partial charge in [0.15, 0.2) is 5.82 Å². The van der Waals surface area contributed by atoms with Crippen molar-refractivity contribution < 1.29 is 4.74 Å². The Labute approximate surface area is 161 Å². The van der Waals surface area contributed by atoms with Crippen LogP contribution in [0.4, 0.5) is 23.1 Å². The largest absolute Gasteiger partial charge is 0.495 e. The van der Waals surface area contributed by atoms with Gasteiger partial charge in [-0.15, -0.1) is 5.10 Å². The molecule has 134 valence electrons. The highest BCUT2D eigenvalue weighted by atomic mass is 35.5. The molecule has 8 heteroatoms. The van der Waals surface area contributed by atoms with E-state index in [-0.39, 0.29) is 0 Å². The fraction of sp³-hybridized carbons (Fsp3) is 0.167. The zero-order chi connectivity index (χ0) is 18.7. The van der Waals surface area contributed by atoms with Gasteiger partial charge in [-0.25, -0.2) is 0 Å². The molecule has 2 aromatic carbocycles. The Kier molecular flexibility index (Phi) is 5.44. The molecule has 0 spiro atoms. The second-order valence-corrected chi connectivity index (χ2v) is 6.50. The summed E-state index contributed by atoms with van der Waals surface area (Å²) in [7, 11) is 1.57. The van der Waals surface area contributed by atoms with Crippen molar-refractivity contribution in [3.8, 4) is 5.75 Å². The van der Waals surface area contributed by atoms with Crippen LogP contribution in [0.5, 0.6) is 5.75 Å². The Bertz CT molecular complexity index is 949. The maximum Gasteiger partial charge on any atom is 0.249 e. The highest BCUT2D eigenvalue weighted by Gasteiger charge is 2.10. The number of aryl methyl sites for hydroxylation is 2. The summed E-state index contributed by atoms with van der Waals surface area (Å²) in [4.78, 5) is 4.42. The third-order valence-electron chi connectivity index (χ3n) is 3.73. The summed E-state index contributed by atoms with van der Waals surface area (Å²) in [5, 5.41) is 15.5. The molecule has 0 aliphatic rings. The molecule has 3 rings (SSSR count). The predicted octanol–water partition coefficient (Wildman–Crippen LogP) is 5.29. The van der Waals surface area contributed by atoms with Crippen LogP contribution >= 0.6 is 23.2 Å². The number of rotatable bonds is 5. The first-order chi connectivity index (χ1) is 12.5. The second kappa shape index (κ2) is 7.76. The molecule has 0 fully saturated rings. The summed E-state index contributed by atoms with van der Waals surface area (Å²) in [6, 6.07) is 9.28. The topological polar surface area (TPSA) is 72.0 Å². The Balaban J connectivity index is 1.83. The Morgan fingerprint density at radius 2 is 1.73 bits per heavy atom. The molecule has 2 N–H and O–H groups in total. The van der Waals surface area contributed by atoms with Crippen molar-refractivity contribution in [2.75, 3.05) is 17.7 Å². The quantitative estimate of drug-likeness (QED) is 0.617. The number of nitrogens with one attached hydrogen (secondary N) is 2. The van der Waals surface area contributed by atoms with Crippen molar-refractivity contribution in [1.29, 1.82) is 0 Å². The van der Waals surface area contributed by atoms with Crippen LogP contribution in [0.1, 0.15) is 11.1 Å². The van der Waals surface area contributed by atoms with Crippen molar-refractivity contribution in [1.82, 2.24) is 15.2 Å². The molecule has 0 unspecified atom stereocenters. The van der Waals surface area contributed by atoms with E-state index in [1.165, 1.54) is 6.20 Å². The summed E-state index contributed by atoms with van der Waals surface area (Å²) in [6.45, 7) is 3.85. The molecule has 0 aliphatic heterocycles. The van der Waals surface area contributed by atoms with Gasteiger partial charge in [0, 0.05) is 21.8 Å². The number of benzene rings is 2. The molecule has 0 atom stereocenters. The van der Waals surface area contributed by atoms with E-state index in [1.807, 2.05) is 38.1 Å². The molecule has 0 bridgehead atoms. The summed E-state index contributed by atoms with van der Waals surface area (Å²) in [6.07, 6.45) is 1.53. The lowest BCUT2D eigenvalue weighted by Gasteiger charge is -2.12. The van der Waals surface area contributed by atoms with E-state index < -0.39 is 0 Å². The Morgan fingerprint density at radius 1 is 0.962 bits per heavy atom. The maximum atomic E-state index is 6.15. The summed E-state index contributed by atoms with van der Waals surface area (Å²) < 4.78 is 5.35. The van der Waals surface area contributed by atoms with E-state index in [1.54, 1.807) is 13.2 Å². The van der Waals surface area contributed by atoms with Gasteiger partial charge in [-0.2, -0.15) is 10.1 Å². The first kappa shape index (κ1) is 18.2. The first-order valence-electron chi connectivity index (χ1n) is 7.80. The lowest BCUT2D eigenvalue weighted by atomic mass is 10.2. The highest BCUT2D eigenvalue weighted by Crippen LogP contribution is 2.32. The molecular formula is C18H17Cl2N5O. The fourth-order valence-electron chi connectivity index (χ4n) is 2.29. The monoisotopic (exact) mass is 389 g/mol. The number of halogens is 2. The van der Waals surface area contributed by atoms with Gasteiger partial charge in [0.1, 0.15) is 5.75 Å². The number of hydrogen-bond donors (Lipinski definition) is 2. The molecule has 1 aromatic heterocycles. The Morgan fingerprint density at radius 3 is 2.46 bits per heavy atom. The van der Waals surface area contributed by atoms with Crippen LogP contribution in [0.25, 0.3) is 0 Å². The van der Waals surface area contributed by atoms with E-state index in [0.29, 0.717) is 33.2 Å². The smallest absolute Gasteiger partial charge is 0.249 e. The molecule has 26 heavy (non-hydrogen) atoms. The second-order valence-electron chi connectivity index (χ2n) is 5.68. The van der Waals surface area contributed by atoms with Gasteiger partial charge >= 0.3 is 0 Å². The standard InChI is InChI=1S/C18H17Cl2N5O/c1-10-4-5-12(7-13(10)19)22-17-9-21-25-18(24-17)23-15-6-11(2)14(20)8-16(15)26-3/h4-9H,1-3H3,(H2,22,23,24,25). The van der Waals surface area contributed by atoms with E-state index in [0.717, 1.165) is 16.8 Å². The van der Waals surface area contributed by atoms with Crippen molar-refractivity contribution in [3.63, 3.8) is 0 Å². The van der Waals surface area contributed by atoms with Gasteiger partial charge in [-0.05, 0) is 43.2 Å². The van der Waals surface area contributed by atoms with Gasteiger partial charge in [-0.1, -0.05) is 29.3 Å². The van der Waals surface area contributed by atoms with Gasteiger partial charge < -0.3 is 15.4 Å². The molecule has 0 saturated heterocycles.